The second kappa shape index (κ2) is 8.60. The molecule has 5 rings (SSSR count). The molecule has 0 aliphatic carbocycles. The Kier molecular flexibility index (Phi) is 5.63. The van der Waals surface area contributed by atoms with Gasteiger partial charge >= 0.3 is 0 Å². The Morgan fingerprint density at radius 2 is 1.79 bits per heavy atom. The summed E-state index contributed by atoms with van der Waals surface area (Å²) in [6.45, 7) is 1.95. The molecule has 0 spiro atoms. The van der Waals surface area contributed by atoms with Crippen LogP contribution in [-0.4, -0.2) is 47.8 Å². The summed E-state index contributed by atoms with van der Waals surface area (Å²) >= 11 is 3.05. The molecule has 3 heterocycles. The van der Waals surface area contributed by atoms with E-state index in [0.29, 0.717) is 28.2 Å². The van der Waals surface area contributed by atoms with E-state index in [9.17, 15) is 4.79 Å². The minimum Gasteiger partial charge on any atom is -0.496 e. The molecule has 1 aliphatic rings. The van der Waals surface area contributed by atoms with Gasteiger partial charge in [-0.25, -0.2) is 4.98 Å². The van der Waals surface area contributed by atoms with E-state index < -0.39 is 0 Å². The quantitative estimate of drug-likeness (QED) is 0.445. The molecule has 0 bridgehead atoms. The van der Waals surface area contributed by atoms with Crippen molar-refractivity contribution in [1.82, 2.24) is 14.8 Å². The number of thioether (sulfide) groups is 1. The van der Waals surface area contributed by atoms with E-state index >= 15 is 0 Å². The third-order valence-corrected chi connectivity index (χ3v) is 7.75. The largest absolute Gasteiger partial charge is 0.496 e. The highest BCUT2D eigenvalue weighted by Crippen LogP contribution is 2.49. The molecule has 0 radical (unpaired) electrons. The average Bonchev–Trinajstić information content (AvgIpc) is 3.34. The van der Waals surface area contributed by atoms with Gasteiger partial charge in [0.2, 0.25) is 11.0 Å². The molecular weight excluding hydrogens is 460 g/mol. The summed E-state index contributed by atoms with van der Waals surface area (Å²) in [5.74, 6) is 2.64. The van der Waals surface area contributed by atoms with Crippen molar-refractivity contribution >= 4 is 45.0 Å². The van der Waals surface area contributed by atoms with Gasteiger partial charge in [0.05, 0.1) is 48.2 Å². The molecule has 4 aromatic rings. The number of hydrogen-bond donors (Lipinski definition) is 1. The summed E-state index contributed by atoms with van der Waals surface area (Å²) in [5.41, 5.74) is 3.49. The van der Waals surface area contributed by atoms with Crippen LogP contribution in [0.2, 0.25) is 0 Å². The number of rotatable bonds is 5. The van der Waals surface area contributed by atoms with Crippen molar-refractivity contribution in [1.29, 1.82) is 0 Å². The Morgan fingerprint density at radius 3 is 2.52 bits per heavy atom. The number of carbonyl (C=O) groups is 1. The van der Waals surface area contributed by atoms with Crippen LogP contribution in [0.5, 0.6) is 17.2 Å². The fourth-order valence-electron chi connectivity index (χ4n) is 3.98. The first-order chi connectivity index (χ1) is 16.0. The predicted molar refractivity (Wildman–Crippen MR) is 131 cm³/mol. The number of benzene rings is 2. The standard InChI is InChI=1S/C23H22N4O4S2/c1-12-20-21(13-9-16(30-3)17(31-4)10-15(13)29-2)32-11-19(28)25-22(20)27(26-12)23-24-14-7-5-6-8-18(14)33-23/h5-10,21H,11H2,1-4H3,(H,25,28)/t21-/m0/s1. The number of hydrogen-bond acceptors (Lipinski definition) is 8. The third kappa shape index (κ3) is 3.68. The number of anilines is 1. The second-order valence-electron chi connectivity index (χ2n) is 7.41. The number of aryl methyl sites for hydroxylation is 1. The average molecular weight is 483 g/mol. The molecule has 1 amide bonds. The number of fused-ring (bicyclic) bond motifs is 2. The molecule has 0 unspecified atom stereocenters. The lowest BCUT2D eigenvalue weighted by Gasteiger charge is -2.20. The molecule has 170 valence electrons. The van der Waals surface area contributed by atoms with Crippen molar-refractivity contribution in [2.75, 3.05) is 32.4 Å². The van der Waals surface area contributed by atoms with E-state index in [1.807, 2.05) is 43.3 Å². The molecule has 8 nitrogen and oxygen atoms in total. The fourth-order valence-corrected chi connectivity index (χ4v) is 6.10. The van der Waals surface area contributed by atoms with Gasteiger partial charge in [-0.3, -0.25) is 4.79 Å². The lowest BCUT2D eigenvalue weighted by Crippen LogP contribution is -2.15. The molecule has 0 saturated heterocycles. The van der Waals surface area contributed by atoms with E-state index in [-0.39, 0.29) is 16.9 Å². The minimum atomic E-state index is -0.211. The Morgan fingerprint density at radius 1 is 1.06 bits per heavy atom. The van der Waals surface area contributed by atoms with Gasteiger partial charge in [-0.05, 0) is 25.1 Å². The predicted octanol–water partition coefficient (Wildman–Crippen LogP) is 4.59. The van der Waals surface area contributed by atoms with E-state index in [1.165, 1.54) is 23.1 Å². The van der Waals surface area contributed by atoms with Gasteiger partial charge in [0.25, 0.3) is 0 Å². The van der Waals surface area contributed by atoms with Crippen LogP contribution >= 0.6 is 23.1 Å². The van der Waals surface area contributed by atoms with E-state index in [0.717, 1.165) is 27.0 Å². The Balaban J connectivity index is 1.70. The zero-order chi connectivity index (χ0) is 23.1. The van der Waals surface area contributed by atoms with Crippen LogP contribution in [-0.2, 0) is 4.79 Å². The topological polar surface area (TPSA) is 87.5 Å². The Hall–Kier alpha value is -3.24. The van der Waals surface area contributed by atoms with Crippen molar-refractivity contribution in [3.63, 3.8) is 0 Å². The number of nitrogens with zero attached hydrogens (tertiary/aromatic N) is 3. The van der Waals surface area contributed by atoms with E-state index in [1.54, 1.807) is 26.0 Å². The van der Waals surface area contributed by atoms with Crippen molar-refractivity contribution in [2.24, 2.45) is 0 Å². The summed E-state index contributed by atoms with van der Waals surface area (Å²) in [5, 5.41) is 8.32. The highest BCUT2D eigenvalue weighted by molar-refractivity contribution is 8.00. The van der Waals surface area contributed by atoms with Crippen LogP contribution < -0.4 is 19.5 Å². The first-order valence-electron chi connectivity index (χ1n) is 10.2. The SMILES string of the molecule is COc1cc(OC)c([C@@H]2SCC(=O)Nc3c2c(C)nn3-c2nc3ccccc3s2)cc1OC. The zero-order valence-corrected chi connectivity index (χ0v) is 20.2. The lowest BCUT2D eigenvalue weighted by atomic mass is 10.0. The van der Waals surface area contributed by atoms with Crippen LogP contribution in [0.25, 0.3) is 15.3 Å². The maximum Gasteiger partial charge on any atom is 0.235 e. The number of amides is 1. The molecule has 10 heteroatoms. The molecule has 33 heavy (non-hydrogen) atoms. The highest BCUT2D eigenvalue weighted by Gasteiger charge is 2.33. The maximum atomic E-state index is 12.7. The molecule has 0 fully saturated rings. The van der Waals surface area contributed by atoms with Crippen LogP contribution in [0.1, 0.15) is 22.1 Å². The number of thiazole rings is 1. The van der Waals surface area contributed by atoms with Gasteiger partial charge in [0.15, 0.2) is 11.5 Å². The molecule has 1 aliphatic heterocycles. The number of carbonyl (C=O) groups excluding carboxylic acids is 1. The molecule has 2 aromatic carbocycles. The first kappa shape index (κ1) is 21.6. The molecule has 2 aromatic heterocycles. The van der Waals surface area contributed by atoms with Gasteiger partial charge < -0.3 is 19.5 Å². The van der Waals surface area contributed by atoms with Gasteiger partial charge in [-0.1, -0.05) is 23.5 Å². The van der Waals surface area contributed by atoms with E-state index in [4.69, 9.17) is 24.3 Å². The Labute approximate surface area is 198 Å². The maximum absolute atomic E-state index is 12.7. The normalized spacial score (nSPS) is 15.6. The van der Waals surface area contributed by atoms with E-state index in [2.05, 4.69) is 5.32 Å². The van der Waals surface area contributed by atoms with Crippen LogP contribution in [0.3, 0.4) is 0 Å². The second-order valence-corrected chi connectivity index (χ2v) is 9.51. The van der Waals surface area contributed by atoms with Gasteiger partial charge in [0, 0.05) is 17.2 Å². The van der Waals surface area contributed by atoms with Gasteiger partial charge in [-0.2, -0.15) is 9.78 Å². The number of para-hydroxylation sites is 1. The van der Waals surface area contributed by atoms with Crippen LogP contribution in [0.4, 0.5) is 5.82 Å². The van der Waals surface area contributed by atoms with Crippen molar-refractivity contribution in [3.05, 3.63) is 53.2 Å². The number of aromatic nitrogens is 3. The Bertz CT molecular complexity index is 1330. The molecule has 1 atom stereocenters. The summed E-state index contributed by atoms with van der Waals surface area (Å²) in [6, 6.07) is 11.6. The zero-order valence-electron chi connectivity index (χ0n) is 18.5. The van der Waals surface area contributed by atoms with Crippen molar-refractivity contribution in [2.45, 2.75) is 12.2 Å². The molecule has 1 N–H and O–H groups in total. The highest BCUT2D eigenvalue weighted by atomic mass is 32.2. The monoisotopic (exact) mass is 482 g/mol. The smallest absolute Gasteiger partial charge is 0.235 e. The molecular formula is C23H22N4O4S2. The van der Waals surface area contributed by atoms with Crippen molar-refractivity contribution in [3.8, 4) is 22.4 Å². The first-order valence-corrected chi connectivity index (χ1v) is 12.1. The molecule has 0 saturated carbocycles. The summed E-state index contributed by atoms with van der Waals surface area (Å²) < 4.78 is 19.5. The van der Waals surface area contributed by atoms with Crippen LogP contribution in [0.15, 0.2) is 36.4 Å². The number of ether oxygens (including phenoxy) is 3. The van der Waals surface area contributed by atoms with Gasteiger partial charge in [-0.15, -0.1) is 11.8 Å². The summed E-state index contributed by atoms with van der Waals surface area (Å²) in [7, 11) is 4.80. The van der Waals surface area contributed by atoms with Gasteiger partial charge in [0.1, 0.15) is 11.6 Å². The van der Waals surface area contributed by atoms with Crippen LogP contribution in [0, 0.1) is 6.92 Å². The third-order valence-electron chi connectivity index (χ3n) is 5.49. The lowest BCUT2D eigenvalue weighted by molar-refractivity contribution is -0.113. The minimum absolute atomic E-state index is 0.0922. The number of methoxy groups -OCH3 is 3. The summed E-state index contributed by atoms with van der Waals surface area (Å²) in [6.07, 6.45) is 0. The number of nitrogens with one attached hydrogen (secondary N) is 1. The summed E-state index contributed by atoms with van der Waals surface area (Å²) in [4.78, 5) is 17.4. The fraction of sp³-hybridized carbons (Fsp3) is 0.261. The van der Waals surface area contributed by atoms with Crippen molar-refractivity contribution < 1.29 is 19.0 Å².